The average Bonchev–Trinajstić information content (AvgIpc) is 3.23. The second kappa shape index (κ2) is 9.64. The smallest absolute Gasteiger partial charge is 0.289 e. The molecule has 0 bridgehead atoms. The van der Waals surface area contributed by atoms with Gasteiger partial charge in [0.25, 0.3) is 5.91 Å². The molecule has 1 fully saturated rings. The van der Waals surface area contributed by atoms with Crippen LogP contribution >= 0.6 is 11.6 Å². The number of carbonyl (C=O) groups is 2. The molecule has 1 aliphatic rings. The molecule has 0 saturated carbocycles. The van der Waals surface area contributed by atoms with Crippen molar-refractivity contribution in [3.63, 3.8) is 0 Å². The second-order valence-electron chi connectivity index (χ2n) is 6.97. The van der Waals surface area contributed by atoms with Gasteiger partial charge in [0, 0.05) is 30.6 Å². The molecule has 0 atom stereocenters. The zero-order chi connectivity index (χ0) is 19.9. The summed E-state index contributed by atoms with van der Waals surface area (Å²) in [7, 11) is 0. The SMILES string of the molecule is Cc1cc(OCCCC(=O)NC2CCN(C(=O)c3ccco3)CC2)ccc1Cl. The number of ether oxygens (including phenoxy) is 1. The molecule has 3 rings (SSSR count). The maximum absolute atomic E-state index is 12.2. The van der Waals surface area contributed by atoms with E-state index in [0.29, 0.717) is 43.3 Å². The Morgan fingerprint density at radius 3 is 2.75 bits per heavy atom. The standard InChI is InChI=1S/C21H25ClN2O4/c1-15-14-17(6-7-18(15)22)27-12-3-5-20(25)23-16-8-10-24(11-9-16)21(26)19-4-2-13-28-19/h2,4,6-7,13-14,16H,3,5,8-12H2,1H3,(H,23,25). The number of furan rings is 1. The van der Waals surface area contributed by atoms with E-state index in [0.717, 1.165) is 24.2 Å². The third kappa shape index (κ3) is 5.52. The zero-order valence-electron chi connectivity index (χ0n) is 15.9. The van der Waals surface area contributed by atoms with Gasteiger partial charge in [-0.1, -0.05) is 11.6 Å². The summed E-state index contributed by atoms with van der Waals surface area (Å²) in [5.74, 6) is 1.05. The molecule has 7 heteroatoms. The monoisotopic (exact) mass is 404 g/mol. The third-order valence-electron chi connectivity index (χ3n) is 4.83. The predicted octanol–water partition coefficient (Wildman–Crippen LogP) is 3.82. The largest absolute Gasteiger partial charge is 0.494 e. The highest BCUT2D eigenvalue weighted by Crippen LogP contribution is 2.21. The first-order chi connectivity index (χ1) is 13.5. The van der Waals surface area contributed by atoms with Crippen molar-refractivity contribution >= 4 is 23.4 Å². The highest BCUT2D eigenvalue weighted by molar-refractivity contribution is 6.31. The number of hydrogen-bond donors (Lipinski definition) is 1. The van der Waals surface area contributed by atoms with Gasteiger partial charge in [-0.3, -0.25) is 9.59 Å². The van der Waals surface area contributed by atoms with Crippen LogP contribution in [0.25, 0.3) is 0 Å². The number of nitrogens with zero attached hydrogens (tertiary/aromatic N) is 1. The number of likely N-dealkylation sites (tertiary alicyclic amines) is 1. The number of benzene rings is 1. The molecule has 2 amide bonds. The molecule has 2 heterocycles. The average molecular weight is 405 g/mol. The molecule has 0 spiro atoms. The number of carbonyl (C=O) groups excluding carboxylic acids is 2. The normalized spacial score (nSPS) is 14.7. The van der Waals surface area contributed by atoms with Crippen molar-refractivity contribution in [2.75, 3.05) is 19.7 Å². The number of rotatable bonds is 7. The number of nitrogens with one attached hydrogen (secondary N) is 1. The van der Waals surface area contributed by atoms with E-state index in [-0.39, 0.29) is 17.9 Å². The highest BCUT2D eigenvalue weighted by atomic mass is 35.5. The zero-order valence-corrected chi connectivity index (χ0v) is 16.7. The summed E-state index contributed by atoms with van der Waals surface area (Å²) in [6.07, 6.45) is 4.05. The number of amides is 2. The van der Waals surface area contributed by atoms with E-state index in [1.54, 1.807) is 17.0 Å². The van der Waals surface area contributed by atoms with Crippen LogP contribution in [0.15, 0.2) is 41.0 Å². The molecule has 1 saturated heterocycles. The lowest BCUT2D eigenvalue weighted by atomic mass is 10.0. The molecule has 1 aromatic heterocycles. The minimum atomic E-state index is -0.0932. The Hall–Kier alpha value is -2.47. The highest BCUT2D eigenvalue weighted by Gasteiger charge is 2.25. The van der Waals surface area contributed by atoms with Crippen LogP contribution in [0.4, 0.5) is 0 Å². The Bertz CT molecular complexity index is 799. The van der Waals surface area contributed by atoms with Gasteiger partial charge in [0.05, 0.1) is 12.9 Å². The van der Waals surface area contributed by atoms with Gasteiger partial charge in [-0.2, -0.15) is 0 Å². The van der Waals surface area contributed by atoms with E-state index in [2.05, 4.69) is 5.32 Å². The van der Waals surface area contributed by atoms with E-state index in [1.165, 1.54) is 6.26 Å². The molecule has 1 aliphatic heterocycles. The summed E-state index contributed by atoms with van der Waals surface area (Å²) in [6.45, 7) is 3.63. The summed E-state index contributed by atoms with van der Waals surface area (Å²) < 4.78 is 10.8. The Labute approximate surface area is 169 Å². The van der Waals surface area contributed by atoms with E-state index >= 15 is 0 Å². The molecule has 1 aromatic carbocycles. The summed E-state index contributed by atoms with van der Waals surface area (Å²) in [6, 6.07) is 9.00. The van der Waals surface area contributed by atoms with Crippen LogP contribution in [0.5, 0.6) is 5.75 Å². The third-order valence-corrected chi connectivity index (χ3v) is 5.25. The maximum Gasteiger partial charge on any atom is 0.289 e. The Balaban J connectivity index is 1.32. The number of aryl methyl sites for hydroxylation is 1. The molecule has 150 valence electrons. The van der Waals surface area contributed by atoms with E-state index in [1.807, 2.05) is 25.1 Å². The molecule has 0 aliphatic carbocycles. The lowest BCUT2D eigenvalue weighted by molar-refractivity contribution is -0.122. The summed E-state index contributed by atoms with van der Waals surface area (Å²) in [5, 5.41) is 3.77. The van der Waals surface area contributed by atoms with Gasteiger partial charge >= 0.3 is 0 Å². The van der Waals surface area contributed by atoms with Gasteiger partial charge in [0.2, 0.25) is 5.91 Å². The van der Waals surface area contributed by atoms with Crippen molar-refractivity contribution in [2.24, 2.45) is 0 Å². The molecule has 0 radical (unpaired) electrons. The van der Waals surface area contributed by atoms with Crippen molar-refractivity contribution in [3.8, 4) is 5.75 Å². The molecule has 6 nitrogen and oxygen atoms in total. The van der Waals surface area contributed by atoms with Crippen LogP contribution in [0.1, 0.15) is 41.8 Å². The molecule has 28 heavy (non-hydrogen) atoms. The Kier molecular flexibility index (Phi) is 6.98. The van der Waals surface area contributed by atoms with Gasteiger partial charge in [-0.25, -0.2) is 0 Å². The fraction of sp³-hybridized carbons (Fsp3) is 0.429. The predicted molar refractivity (Wildman–Crippen MR) is 107 cm³/mol. The minimum absolute atomic E-state index is 0.0201. The lowest BCUT2D eigenvalue weighted by Crippen LogP contribution is -2.46. The molecule has 1 N–H and O–H groups in total. The minimum Gasteiger partial charge on any atom is -0.494 e. The molecular formula is C21H25ClN2O4. The van der Waals surface area contributed by atoms with Gasteiger partial charge in [0.1, 0.15) is 5.75 Å². The van der Waals surface area contributed by atoms with Crippen LogP contribution in [-0.2, 0) is 4.79 Å². The summed E-state index contributed by atoms with van der Waals surface area (Å²) >= 11 is 5.99. The Morgan fingerprint density at radius 1 is 1.29 bits per heavy atom. The molecular weight excluding hydrogens is 380 g/mol. The number of hydrogen-bond acceptors (Lipinski definition) is 4. The van der Waals surface area contributed by atoms with Crippen molar-refractivity contribution in [3.05, 3.63) is 52.9 Å². The molecule has 2 aromatic rings. The quantitative estimate of drug-likeness (QED) is 0.712. The maximum atomic E-state index is 12.2. The van der Waals surface area contributed by atoms with Gasteiger partial charge in [0.15, 0.2) is 5.76 Å². The second-order valence-corrected chi connectivity index (χ2v) is 7.38. The first kappa shape index (κ1) is 20.3. The van der Waals surface area contributed by atoms with Crippen molar-refractivity contribution in [1.82, 2.24) is 10.2 Å². The fourth-order valence-electron chi connectivity index (χ4n) is 3.21. The number of piperidine rings is 1. The Morgan fingerprint density at radius 2 is 2.07 bits per heavy atom. The van der Waals surface area contributed by atoms with E-state index in [9.17, 15) is 9.59 Å². The van der Waals surface area contributed by atoms with Crippen molar-refractivity contribution < 1.29 is 18.7 Å². The van der Waals surface area contributed by atoms with Crippen LogP contribution in [0.3, 0.4) is 0 Å². The fourth-order valence-corrected chi connectivity index (χ4v) is 3.33. The first-order valence-electron chi connectivity index (χ1n) is 9.54. The summed E-state index contributed by atoms with van der Waals surface area (Å²) in [4.78, 5) is 26.2. The van der Waals surface area contributed by atoms with Crippen LogP contribution < -0.4 is 10.1 Å². The van der Waals surface area contributed by atoms with Crippen LogP contribution in [0, 0.1) is 6.92 Å². The van der Waals surface area contributed by atoms with Gasteiger partial charge < -0.3 is 19.4 Å². The van der Waals surface area contributed by atoms with Gasteiger partial charge in [-0.05, 0) is 62.1 Å². The number of halogens is 1. The van der Waals surface area contributed by atoms with Crippen molar-refractivity contribution in [2.45, 2.75) is 38.6 Å². The van der Waals surface area contributed by atoms with E-state index in [4.69, 9.17) is 20.8 Å². The van der Waals surface area contributed by atoms with Crippen LogP contribution in [0.2, 0.25) is 5.02 Å². The van der Waals surface area contributed by atoms with Gasteiger partial charge in [-0.15, -0.1) is 0 Å². The first-order valence-corrected chi connectivity index (χ1v) is 9.92. The van der Waals surface area contributed by atoms with E-state index < -0.39 is 0 Å². The lowest BCUT2D eigenvalue weighted by Gasteiger charge is -2.31. The van der Waals surface area contributed by atoms with Crippen LogP contribution in [-0.4, -0.2) is 42.5 Å². The topological polar surface area (TPSA) is 71.8 Å². The molecule has 0 unspecified atom stereocenters. The summed E-state index contributed by atoms with van der Waals surface area (Å²) in [5.41, 5.74) is 0.966. The van der Waals surface area contributed by atoms with Crippen molar-refractivity contribution in [1.29, 1.82) is 0 Å².